The van der Waals surface area contributed by atoms with Crippen molar-refractivity contribution in [3.05, 3.63) is 35.9 Å². The van der Waals surface area contributed by atoms with Crippen molar-refractivity contribution in [2.75, 3.05) is 19.6 Å². The molecule has 2 fully saturated rings. The Kier molecular flexibility index (Phi) is 5.94. The minimum Gasteiger partial charge on any atom is -0.458 e. The summed E-state index contributed by atoms with van der Waals surface area (Å²) in [6, 6.07) is 11.0. The van der Waals surface area contributed by atoms with Gasteiger partial charge < -0.3 is 15.2 Å². The third-order valence-corrected chi connectivity index (χ3v) is 5.73. The lowest BCUT2D eigenvalue weighted by Crippen LogP contribution is -2.51. The first-order valence-corrected chi connectivity index (χ1v) is 10.1. The van der Waals surface area contributed by atoms with Gasteiger partial charge in [0.1, 0.15) is 5.60 Å². The van der Waals surface area contributed by atoms with Gasteiger partial charge in [0.15, 0.2) is 5.60 Å². The molecule has 0 unspecified atom stereocenters. The first-order chi connectivity index (χ1) is 12.6. The van der Waals surface area contributed by atoms with Crippen LogP contribution < -0.4 is 5.32 Å². The maximum absolute atomic E-state index is 12.2. The molecular formula is C22H34N2O3. The molecule has 2 N–H and O–H groups in total. The summed E-state index contributed by atoms with van der Waals surface area (Å²) in [7, 11) is 0. The van der Waals surface area contributed by atoms with Crippen molar-refractivity contribution in [1.82, 2.24) is 10.2 Å². The van der Waals surface area contributed by atoms with Gasteiger partial charge >= 0.3 is 5.97 Å². The fourth-order valence-electron chi connectivity index (χ4n) is 4.37. The Morgan fingerprint density at radius 1 is 1.19 bits per heavy atom. The first kappa shape index (κ1) is 20.3. The van der Waals surface area contributed by atoms with Crippen LogP contribution >= 0.6 is 0 Å². The minimum atomic E-state index is -1.51. The van der Waals surface area contributed by atoms with Gasteiger partial charge in [0, 0.05) is 32.2 Å². The smallest absolute Gasteiger partial charge is 0.339 e. The summed E-state index contributed by atoms with van der Waals surface area (Å²) in [5.74, 6) is 0.731. The van der Waals surface area contributed by atoms with Crippen molar-refractivity contribution in [3.8, 4) is 0 Å². The molecule has 0 spiro atoms. The third kappa shape index (κ3) is 5.31. The molecule has 1 aromatic carbocycles. The number of likely N-dealkylation sites (tertiary alicyclic amines) is 1. The number of fused-ring (bicyclic) bond motifs is 1. The van der Waals surface area contributed by atoms with Crippen LogP contribution in [0, 0.1) is 11.8 Å². The van der Waals surface area contributed by atoms with Gasteiger partial charge in [-0.15, -0.1) is 0 Å². The van der Waals surface area contributed by atoms with Crippen molar-refractivity contribution >= 4 is 5.97 Å². The van der Waals surface area contributed by atoms with Gasteiger partial charge in [-0.1, -0.05) is 30.3 Å². The number of aliphatic hydroxyl groups is 1. The van der Waals surface area contributed by atoms with Crippen molar-refractivity contribution in [1.29, 1.82) is 0 Å². The highest BCUT2D eigenvalue weighted by Crippen LogP contribution is 2.38. The van der Waals surface area contributed by atoms with Crippen LogP contribution in [0.25, 0.3) is 0 Å². The van der Waals surface area contributed by atoms with Crippen LogP contribution in [0.5, 0.6) is 0 Å². The van der Waals surface area contributed by atoms with E-state index in [-0.39, 0.29) is 6.54 Å². The minimum absolute atomic E-state index is 0.231. The van der Waals surface area contributed by atoms with Gasteiger partial charge in [-0.05, 0) is 57.9 Å². The van der Waals surface area contributed by atoms with Gasteiger partial charge in [0.25, 0.3) is 0 Å². The highest BCUT2D eigenvalue weighted by molar-refractivity contribution is 5.79. The second-order valence-corrected chi connectivity index (χ2v) is 9.44. The predicted molar refractivity (Wildman–Crippen MR) is 106 cm³/mol. The SMILES string of the molecule is CC(C)(C)OC(=O)[C@](C)(O)CN[C@@H]1CC[C@@H]2CN(Cc3ccccc3)C[C@H]21. The van der Waals surface area contributed by atoms with E-state index in [1.807, 2.05) is 20.8 Å². The third-order valence-electron chi connectivity index (χ3n) is 5.73. The molecule has 5 heteroatoms. The van der Waals surface area contributed by atoms with Crippen molar-refractivity contribution in [2.24, 2.45) is 11.8 Å². The summed E-state index contributed by atoms with van der Waals surface area (Å²) in [4.78, 5) is 14.8. The first-order valence-electron chi connectivity index (χ1n) is 10.1. The average Bonchev–Trinajstić information content (AvgIpc) is 3.12. The van der Waals surface area contributed by atoms with E-state index in [2.05, 4.69) is 40.5 Å². The lowest BCUT2D eigenvalue weighted by molar-refractivity contribution is -0.175. The number of hydrogen-bond acceptors (Lipinski definition) is 5. The molecule has 2 aliphatic rings. The van der Waals surface area contributed by atoms with Gasteiger partial charge in [-0.25, -0.2) is 4.79 Å². The Bertz CT molecular complexity index is 639. The lowest BCUT2D eigenvalue weighted by atomic mass is 9.97. The van der Waals surface area contributed by atoms with E-state index in [1.165, 1.54) is 18.9 Å². The Morgan fingerprint density at radius 2 is 1.89 bits per heavy atom. The van der Waals surface area contributed by atoms with E-state index < -0.39 is 17.2 Å². The maximum Gasteiger partial charge on any atom is 0.339 e. The predicted octanol–water partition coefficient (Wildman–Crippen LogP) is 2.58. The number of rotatable bonds is 6. The molecule has 150 valence electrons. The fraction of sp³-hybridized carbons (Fsp3) is 0.682. The van der Waals surface area contributed by atoms with Gasteiger partial charge in [0.2, 0.25) is 0 Å². The normalized spacial score (nSPS) is 28.0. The summed E-state index contributed by atoms with van der Waals surface area (Å²) < 4.78 is 5.35. The van der Waals surface area contributed by atoms with E-state index in [0.717, 1.165) is 26.1 Å². The number of benzene rings is 1. The van der Waals surface area contributed by atoms with Crippen LogP contribution in [-0.2, 0) is 16.1 Å². The molecule has 27 heavy (non-hydrogen) atoms. The van der Waals surface area contributed by atoms with Gasteiger partial charge in [-0.3, -0.25) is 4.90 Å². The van der Waals surface area contributed by atoms with Crippen LogP contribution in [0.4, 0.5) is 0 Å². The number of esters is 1. The number of hydrogen-bond donors (Lipinski definition) is 2. The molecule has 0 radical (unpaired) electrons. The molecule has 1 heterocycles. The average molecular weight is 375 g/mol. The summed E-state index contributed by atoms with van der Waals surface area (Å²) in [5.41, 5.74) is -0.744. The Hall–Kier alpha value is -1.43. The van der Waals surface area contributed by atoms with Crippen LogP contribution in [0.2, 0.25) is 0 Å². The lowest BCUT2D eigenvalue weighted by Gasteiger charge is -2.30. The van der Waals surface area contributed by atoms with Crippen LogP contribution in [-0.4, -0.2) is 52.9 Å². The molecule has 1 saturated heterocycles. The highest BCUT2D eigenvalue weighted by atomic mass is 16.6. The molecule has 0 aromatic heterocycles. The number of nitrogens with one attached hydrogen (secondary N) is 1. The summed E-state index contributed by atoms with van der Waals surface area (Å²) in [6.45, 7) is 10.4. The van der Waals surface area contributed by atoms with E-state index in [4.69, 9.17) is 4.74 Å². The summed E-state index contributed by atoms with van der Waals surface area (Å²) in [6.07, 6.45) is 2.32. The van der Waals surface area contributed by atoms with E-state index in [1.54, 1.807) is 0 Å². The second kappa shape index (κ2) is 7.90. The fourth-order valence-corrected chi connectivity index (χ4v) is 4.37. The molecule has 1 saturated carbocycles. The molecule has 5 nitrogen and oxygen atoms in total. The molecule has 0 amide bonds. The van der Waals surface area contributed by atoms with Gasteiger partial charge in [0.05, 0.1) is 0 Å². The molecule has 3 rings (SSSR count). The monoisotopic (exact) mass is 374 g/mol. The standard InChI is InChI=1S/C22H34N2O3/c1-21(2,3)27-20(25)22(4,26)15-23-19-11-10-17-13-24(14-18(17)19)12-16-8-6-5-7-9-16/h5-9,17-19,23,26H,10-15H2,1-4H3/t17-,18-,19-,22-/m1/s1. The highest BCUT2D eigenvalue weighted by Gasteiger charge is 2.43. The van der Waals surface area contributed by atoms with Crippen LogP contribution in [0.15, 0.2) is 30.3 Å². The summed E-state index contributed by atoms with van der Waals surface area (Å²) in [5, 5.41) is 14.0. The molecular weight excluding hydrogens is 340 g/mol. The van der Waals surface area contributed by atoms with Crippen LogP contribution in [0.1, 0.15) is 46.1 Å². The Morgan fingerprint density at radius 3 is 2.56 bits per heavy atom. The van der Waals surface area contributed by atoms with E-state index in [9.17, 15) is 9.90 Å². The zero-order valence-corrected chi connectivity index (χ0v) is 17.1. The van der Waals surface area contributed by atoms with E-state index in [0.29, 0.717) is 17.9 Å². The van der Waals surface area contributed by atoms with Crippen molar-refractivity contribution < 1.29 is 14.6 Å². The molecule has 1 aromatic rings. The number of ether oxygens (including phenoxy) is 1. The maximum atomic E-state index is 12.2. The zero-order chi connectivity index (χ0) is 19.7. The Balaban J connectivity index is 1.51. The number of carbonyl (C=O) groups is 1. The van der Waals surface area contributed by atoms with Crippen molar-refractivity contribution in [2.45, 2.75) is 64.3 Å². The quantitative estimate of drug-likeness (QED) is 0.750. The van der Waals surface area contributed by atoms with Gasteiger partial charge in [-0.2, -0.15) is 0 Å². The van der Waals surface area contributed by atoms with Crippen molar-refractivity contribution in [3.63, 3.8) is 0 Å². The molecule has 0 bridgehead atoms. The Labute approximate surface area is 163 Å². The summed E-state index contributed by atoms with van der Waals surface area (Å²) >= 11 is 0. The number of nitrogens with zero attached hydrogens (tertiary/aromatic N) is 1. The molecule has 1 aliphatic heterocycles. The molecule has 1 aliphatic carbocycles. The topological polar surface area (TPSA) is 61.8 Å². The largest absolute Gasteiger partial charge is 0.458 e. The van der Waals surface area contributed by atoms with E-state index >= 15 is 0 Å². The second-order valence-electron chi connectivity index (χ2n) is 9.44. The number of carbonyl (C=O) groups excluding carboxylic acids is 1. The zero-order valence-electron chi connectivity index (χ0n) is 17.1. The molecule has 4 atom stereocenters. The van der Waals surface area contributed by atoms with Crippen LogP contribution in [0.3, 0.4) is 0 Å².